The van der Waals surface area contributed by atoms with Crippen LogP contribution in [-0.2, 0) is 0 Å². The molecular formula is C21H15ClN6S. The number of nitrogens with one attached hydrogen (secondary N) is 1. The molecule has 0 fully saturated rings. The van der Waals surface area contributed by atoms with Crippen LogP contribution in [0.4, 0.5) is 5.13 Å². The Labute approximate surface area is 175 Å². The summed E-state index contributed by atoms with van der Waals surface area (Å²) in [5, 5.41) is 10.9. The molecule has 0 amide bonds. The number of hydrogen-bond donors (Lipinski definition) is 1. The Morgan fingerprint density at radius 2 is 1.86 bits per heavy atom. The van der Waals surface area contributed by atoms with Gasteiger partial charge in [0.05, 0.1) is 27.8 Å². The van der Waals surface area contributed by atoms with E-state index >= 15 is 0 Å². The Bertz CT molecular complexity index is 1320. The normalized spacial score (nSPS) is 11.7. The third-order valence-corrected chi connectivity index (χ3v) is 5.73. The minimum absolute atomic E-state index is 0.365. The molecule has 0 saturated carbocycles. The molecule has 0 unspecified atom stereocenters. The molecule has 2 aromatic carbocycles. The number of aryl methyl sites for hydroxylation is 1. The SMILES string of the molecule is Cc1nn(-c2ccccc2)c2nc(Cl)c(/C=N\Nc3nc4ccccc4s3)cc12. The quantitative estimate of drug-likeness (QED) is 0.240. The summed E-state index contributed by atoms with van der Waals surface area (Å²) in [6, 6.07) is 19.8. The van der Waals surface area contributed by atoms with Crippen molar-refractivity contribution in [3.63, 3.8) is 0 Å². The summed E-state index contributed by atoms with van der Waals surface area (Å²) in [5.41, 5.74) is 7.16. The average molecular weight is 419 g/mol. The van der Waals surface area contributed by atoms with E-state index in [1.54, 1.807) is 22.2 Å². The molecule has 3 aromatic heterocycles. The van der Waals surface area contributed by atoms with Crippen molar-refractivity contribution in [1.82, 2.24) is 19.7 Å². The first-order chi connectivity index (χ1) is 14.2. The molecule has 6 nitrogen and oxygen atoms in total. The summed E-state index contributed by atoms with van der Waals surface area (Å²) < 4.78 is 2.91. The molecule has 0 atom stereocenters. The highest BCUT2D eigenvalue weighted by Gasteiger charge is 2.13. The summed E-state index contributed by atoms with van der Waals surface area (Å²) in [6.07, 6.45) is 1.65. The van der Waals surface area contributed by atoms with Crippen LogP contribution >= 0.6 is 22.9 Å². The molecule has 0 bridgehead atoms. The molecular weight excluding hydrogens is 404 g/mol. The summed E-state index contributed by atoms with van der Waals surface area (Å²) in [7, 11) is 0. The van der Waals surface area contributed by atoms with Gasteiger partial charge in [0.15, 0.2) is 5.65 Å². The molecule has 142 valence electrons. The number of hydrogen-bond acceptors (Lipinski definition) is 6. The van der Waals surface area contributed by atoms with Gasteiger partial charge in [0.2, 0.25) is 5.13 Å². The van der Waals surface area contributed by atoms with E-state index in [0.717, 1.165) is 37.8 Å². The second-order valence-electron chi connectivity index (χ2n) is 6.43. The lowest BCUT2D eigenvalue weighted by atomic mass is 10.2. The minimum Gasteiger partial charge on any atom is -0.253 e. The van der Waals surface area contributed by atoms with E-state index in [9.17, 15) is 0 Å². The van der Waals surface area contributed by atoms with Crippen molar-refractivity contribution in [3.8, 4) is 5.69 Å². The number of halogens is 1. The zero-order valence-corrected chi connectivity index (χ0v) is 16.9. The number of fused-ring (bicyclic) bond motifs is 2. The summed E-state index contributed by atoms with van der Waals surface area (Å²) in [4.78, 5) is 9.07. The fourth-order valence-corrected chi connectivity index (χ4v) is 4.09. The van der Waals surface area contributed by atoms with Crippen LogP contribution in [0.25, 0.3) is 26.9 Å². The highest BCUT2D eigenvalue weighted by Crippen LogP contribution is 2.26. The molecule has 29 heavy (non-hydrogen) atoms. The average Bonchev–Trinajstić information content (AvgIpc) is 3.29. The van der Waals surface area contributed by atoms with Crippen molar-refractivity contribution in [3.05, 3.63) is 77.1 Å². The van der Waals surface area contributed by atoms with Crippen molar-refractivity contribution in [2.24, 2.45) is 5.10 Å². The second kappa shape index (κ2) is 7.27. The minimum atomic E-state index is 0.365. The smallest absolute Gasteiger partial charge is 0.204 e. The maximum Gasteiger partial charge on any atom is 0.204 e. The van der Waals surface area contributed by atoms with Crippen molar-refractivity contribution in [2.75, 3.05) is 5.43 Å². The summed E-state index contributed by atoms with van der Waals surface area (Å²) in [5.74, 6) is 0. The van der Waals surface area contributed by atoms with Crippen molar-refractivity contribution >= 4 is 55.5 Å². The van der Waals surface area contributed by atoms with Crippen LogP contribution in [-0.4, -0.2) is 26.0 Å². The highest BCUT2D eigenvalue weighted by molar-refractivity contribution is 7.22. The highest BCUT2D eigenvalue weighted by atomic mass is 35.5. The van der Waals surface area contributed by atoms with Crippen LogP contribution in [0.15, 0.2) is 65.8 Å². The Hall–Kier alpha value is -3.29. The lowest BCUT2D eigenvalue weighted by molar-refractivity contribution is 0.878. The fourth-order valence-electron chi connectivity index (χ4n) is 3.09. The first-order valence-electron chi connectivity index (χ1n) is 8.95. The molecule has 5 aromatic rings. The number of anilines is 1. The zero-order chi connectivity index (χ0) is 19.8. The van der Waals surface area contributed by atoms with Gasteiger partial charge in [-0.3, -0.25) is 5.43 Å². The van der Waals surface area contributed by atoms with E-state index in [4.69, 9.17) is 11.6 Å². The van der Waals surface area contributed by atoms with E-state index in [-0.39, 0.29) is 0 Å². The molecule has 0 saturated heterocycles. The van der Waals surface area contributed by atoms with Crippen LogP contribution in [0.3, 0.4) is 0 Å². The predicted molar refractivity (Wildman–Crippen MR) is 119 cm³/mol. The first-order valence-corrected chi connectivity index (χ1v) is 10.1. The molecule has 0 radical (unpaired) electrons. The molecule has 5 rings (SSSR count). The maximum absolute atomic E-state index is 6.43. The van der Waals surface area contributed by atoms with Crippen molar-refractivity contribution < 1.29 is 0 Å². The standard InChI is InChI=1S/C21H15ClN6S/c1-13-16-11-14(12-23-26-21-24-17-9-5-6-10-18(17)29-21)19(22)25-20(16)28(27-13)15-7-3-2-4-8-15/h2-12H,1H3,(H,24,26)/b23-12-. The Morgan fingerprint density at radius 1 is 1.07 bits per heavy atom. The third kappa shape index (κ3) is 3.35. The second-order valence-corrected chi connectivity index (χ2v) is 7.82. The van der Waals surface area contributed by atoms with E-state index in [1.807, 2.05) is 67.6 Å². The van der Waals surface area contributed by atoms with Gasteiger partial charge in [-0.2, -0.15) is 10.2 Å². The maximum atomic E-state index is 6.43. The molecule has 3 heterocycles. The lowest BCUT2D eigenvalue weighted by Gasteiger charge is -2.03. The van der Waals surface area contributed by atoms with Gasteiger partial charge in [0.25, 0.3) is 0 Å². The van der Waals surface area contributed by atoms with Gasteiger partial charge in [-0.05, 0) is 37.3 Å². The van der Waals surface area contributed by atoms with Gasteiger partial charge in [0.1, 0.15) is 5.15 Å². The monoisotopic (exact) mass is 418 g/mol. The number of thiazole rings is 1. The van der Waals surface area contributed by atoms with E-state index in [2.05, 4.69) is 25.6 Å². The van der Waals surface area contributed by atoms with Gasteiger partial charge >= 0.3 is 0 Å². The van der Waals surface area contributed by atoms with Crippen molar-refractivity contribution in [2.45, 2.75) is 6.92 Å². The predicted octanol–water partition coefficient (Wildman–Crippen LogP) is 5.44. The zero-order valence-electron chi connectivity index (χ0n) is 15.4. The van der Waals surface area contributed by atoms with Crippen LogP contribution in [0.5, 0.6) is 0 Å². The van der Waals surface area contributed by atoms with Crippen LogP contribution in [0.1, 0.15) is 11.3 Å². The Morgan fingerprint density at radius 3 is 2.69 bits per heavy atom. The van der Waals surface area contributed by atoms with Crippen LogP contribution < -0.4 is 5.43 Å². The lowest BCUT2D eigenvalue weighted by Crippen LogP contribution is -1.98. The van der Waals surface area contributed by atoms with Gasteiger partial charge in [-0.25, -0.2) is 14.6 Å². The van der Waals surface area contributed by atoms with Crippen LogP contribution in [0.2, 0.25) is 5.15 Å². The number of aromatic nitrogens is 4. The molecule has 0 aliphatic carbocycles. The van der Waals surface area contributed by atoms with Gasteiger partial charge in [-0.15, -0.1) is 0 Å². The number of benzene rings is 2. The number of rotatable bonds is 4. The number of hydrazone groups is 1. The summed E-state index contributed by atoms with van der Waals surface area (Å²) in [6.45, 7) is 1.96. The third-order valence-electron chi connectivity index (χ3n) is 4.48. The first kappa shape index (κ1) is 17.8. The number of para-hydroxylation sites is 2. The number of nitrogens with zero attached hydrogens (tertiary/aromatic N) is 5. The van der Waals surface area contributed by atoms with Crippen LogP contribution in [0, 0.1) is 6.92 Å². The Balaban J connectivity index is 1.46. The fraction of sp³-hybridized carbons (Fsp3) is 0.0476. The molecule has 0 aliphatic rings. The Kier molecular flexibility index (Phi) is 4.46. The van der Waals surface area contributed by atoms with E-state index in [0.29, 0.717) is 10.7 Å². The van der Waals surface area contributed by atoms with E-state index in [1.165, 1.54) is 0 Å². The van der Waals surface area contributed by atoms with E-state index < -0.39 is 0 Å². The molecule has 1 N–H and O–H groups in total. The summed E-state index contributed by atoms with van der Waals surface area (Å²) >= 11 is 7.98. The molecule has 0 aliphatic heterocycles. The van der Waals surface area contributed by atoms with Gasteiger partial charge in [-0.1, -0.05) is 53.3 Å². The largest absolute Gasteiger partial charge is 0.253 e. The van der Waals surface area contributed by atoms with Crippen molar-refractivity contribution in [1.29, 1.82) is 0 Å². The van der Waals surface area contributed by atoms with Gasteiger partial charge < -0.3 is 0 Å². The van der Waals surface area contributed by atoms with Gasteiger partial charge in [0, 0.05) is 10.9 Å². The topological polar surface area (TPSA) is 68.0 Å². The molecule has 8 heteroatoms. The number of pyridine rings is 1. The molecule has 0 spiro atoms.